The Labute approximate surface area is 140 Å². The number of benzene rings is 1. The van der Waals surface area contributed by atoms with Crippen LogP contribution in [0.5, 0.6) is 0 Å². The molecule has 4 nitrogen and oxygen atoms in total. The van der Waals surface area contributed by atoms with Gasteiger partial charge in [-0.15, -0.1) is 11.8 Å². The number of carbonyl (C=O) groups is 2. The van der Waals surface area contributed by atoms with Crippen molar-refractivity contribution in [1.29, 1.82) is 0 Å². The Hall–Kier alpha value is -1.40. The number of Topliss-reactive ketones (excluding diaryl/α,β-unsaturated/α-hetero) is 1. The number of aliphatic hydroxyl groups is 1. The molecule has 1 rings (SSSR count). The number of aliphatic hydroxyl groups excluding tert-OH is 1. The second-order valence-corrected chi connectivity index (χ2v) is 7.72. The van der Waals surface area contributed by atoms with Crippen LogP contribution in [0.3, 0.4) is 0 Å². The van der Waals surface area contributed by atoms with Gasteiger partial charge in [-0.05, 0) is 32.9 Å². The van der Waals surface area contributed by atoms with E-state index < -0.39 is 16.8 Å². The van der Waals surface area contributed by atoms with Gasteiger partial charge in [-0.2, -0.15) is 0 Å². The van der Waals surface area contributed by atoms with E-state index in [1.165, 1.54) is 19.1 Å². The quantitative estimate of drug-likeness (QED) is 0.591. The minimum atomic E-state index is -0.601. The average Bonchev–Trinajstić information content (AvgIpc) is 2.45. The van der Waals surface area contributed by atoms with Crippen LogP contribution >= 0.6 is 11.8 Å². The van der Waals surface area contributed by atoms with Crippen molar-refractivity contribution in [2.45, 2.75) is 45.1 Å². The standard InChI is InChI=1S/C17H24FNO3S/c1-11(21)12-6-7-14(13(18)8-12)23-9-15(22)19-17(4,5)16(2,3)10-20/h6-8,20H,9-10H2,1-5H3,(H,19,22). The number of thioether (sulfide) groups is 1. The number of nitrogens with one attached hydrogen (secondary N) is 1. The number of hydrogen-bond donors (Lipinski definition) is 2. The summed E-state index contributed by atoms with van der Waals surface area (Å²) in [6, 6.07) is 4.23. The molecule has 0 radical (unpaired) electrons. The minimum Gasteiger partial charge on any atom is -0.396 e. The van der Waals surface area contributed by atoms with Crippen LogP contribution in [0.25, 0.3) is 0 Å². The summed E-state index contributed by atoms with van der Waals surface area (Å²) in [4.78, 5) is 23.6. The number of ketones is 1. The summed E-state index contributed by atoms with van der Waals surface area (Å²) in [7, 11) is 0. The summed E-state index contributed by atoms with van der Waals surface area (Å²) in [5, 5.41) is 12.3. The third-order valence-corrected chi connectivity index (χ3v) is 5.28. The maximum Gasteiger partial charge on any atom is 0.230 e. The molecule has 2 N–H and O–H groups in total. The predicted octanol–water partition coefficient (Wildman–Crippen LogP) is 3.03. The van der Waals surface area contributed by atoms with Gasteiger partial charge in [0.05, 0.1) is 12.4 Å². The highest BCUT2D eigenvalue weighted by Gasteiger charge is 2.37. The van der Waals surface area contributed by atoms with Crippen molar-refractivity contribution in [3.63, 3.8) is 0 Å². The van der Waals surface area contributed by atoms with E-state index in [-0.39, 0.29) is 24.1 Å². The molecule has 6 heteroatoms. The third-order valence-electron chi connectivity index (χ3n) is 4.24. The maximum atomic E-state index is 13.9. The fourth-order valence-corrected chi connectivity index (χ4v) is 2.45. The molecule has 0 aliphatic rings. The maximum absolute atomic E-state index is 13.9. The van der Waals surface area contributed by atoms with Crippen molar-refractivity contribution in [2.75, 3.05) is 12.4 Å². The van der Waals surface area contributed by atoms with E-state index in [1.54, 1.807) is 6.07 Å². The average molecular weight is 341 g/mol. The third kappa shape index (κ3) is 5.04. The molecule has 1 aromatic carbocycles. The molecule has 0 aromatic heterocycles. The van der Waals surface area contributed by atoms with Crippen molar-refractivity contribution in [2.24, 2.45) is 5.41 Å². The lowest BCUT2D eigenvalue weighted by atomic mass is 9.75. The van der Waals surface area contributed by atoms with Gasteiger partial charge in [0, 0.05) is 21.4 Å². The summed E-state index contributed by atoms with van der Waals surface area (Å²) in [6.07, 6.45) is 0. The summed E-state index contributed by atoms with van der Waals surface area (Å²) < 4.78 is 13.9. The molecular weight excluding hydrogens is 317 g/mol. The van der Waals surface area contributed by atoms with E-state index in [4.69, 9.17) is 0 Å². The smallest absolute Gasteiger partial charge is 0.230 e. The fourth-order valence-electron chi connectivity index (χ4n) is 1.73. The van der Waals surface area contributed by atoms with Gasteiger partial charge in [0.15, 0.2) is 5.78 Å². The number of amides is 1. The van der Waals surface area contributed by atoms with Crippen LogP contribution in [0, 0.1) is 11.2 Å². The van der Waals surface area contributed by atoms with Crippen molar-refractivity contribution in [3.05, 3.63) is 29.6 Å². The number of carbonyl (C=O) groups excluding carboxylic acids is 2. The molecule has 0 saturated carbocycles. The second kappa shape index (κ2) is 7.45. The molecule has 0 saturated heterocycles. The topological polar surface area (TPSA) is 66.4 Å². The molecule has 0 aliphatic heterocycles. The van der Waals surface area contributed by atoms with E-state index >= 15 is 0 Å². The highest BCUT2D eigenvalue weighted by atomic mass is 32.2. The Balaban J connectivity index is 2.69. The van der Waals surface area contributed by atoms with Crippen LogP contribution < -0.4 is 5.32 Å². The lowest BCUT2D eigenvalue weighted by Crippen LogP contribution is -2.55. The Bertz CT molecular complexity index is 600. The predicted molar refractivity (Wildman–Crippen MR) is 90.2 cm³/mol. The molecule has 128 valence electrons. The zero-order valence-corrected chi connectivity index (χ0v) is 15.0. The Morgan fingerprint density at radius 2 is 1.87 bits per heavy atom. The van der Waals surface area contributed by atoms with Gasteiger partial charge in [-0.25, -0.2) is 4.39 Å². The number of hydrogen-bond acceptors (Lipinski definition) is 4. The van der Waals surface area contributed by atoms with Gasteiger partial charge < -0.3 is 10.4 Å². The van der Waals surface area contributed by atoms with Gasteiger partial charge in [0.25, 0.3) is 0 Å². The molecule has 0 bridgehead atoms. The van der Waals surface area contributed by atoms with Gasteiger partial charge in [0.2, 0.25) is 5.91 Å². The van der Waals surface area contributed by atoms with Gasteiger partial charge in [0.1, 0.15) is 5.82 Å². The van der Waals surface area contributed by atoms with E-state index in [0.717, 1.165) is 11.8 Å². The van der Waals surface area contributed by atoms with Crippen molar-refractivity contribution in [3.8, 4) is 0 Å². The lowest BCUT2D eigenvalue weighted by Gasteiger charge is -2.41. The van der Waals surface area contributed by atoms with E-state index in [9.17, 15) is 19.1 Å². The van der Waals surface area contributed by atoms with Crippen molar-refractivity contribution in [1.82, 2.24) is 5.32 Å². The first-order chi connectivity index (χ1) is 10.5. The largest absolute Gasteiger partial charge is 0.396 e. The molecule has 0 atom stereocenters. The first kappa shape index (κ1) is 19.6. The van der Waals surface area contributed by atoms with E-state index in [2.05, 4.69) is 5.32 Å². The lowest BCUT2D eigenvalue weighted by molar-refractivity contribution is -0.121. The van der Waals surface area contributed by atoms with Gasteiger partial charge >= 0.3 is 0 Å². The fraction of sp³-hybridized carbons (Fsp3) is 0.529. The first-order valence-corrected chi connectivity index (χ1v) is 8.34. The molecule has 1 aromatic rings. The van der Waals surface area contributed by atoms with Crippen LogP contribution in [0.2, 0.25) is 0 Å². The normalized spacial score (nSPS) is 12.1. The van der Waals surface area contributed by atoms with Crippen LogP contribution in [-0.4, -0.2) is 34.7 Å². The first-order valence-electron chi connectivity index (χ1n) is 7.35. The Kier molecular flexibility index (Phi) is 6.36. The van der Waals surface area contributed by atoms with Crippen LogP contribution in [0.1, 0.15) is 45.0 Å². The number of rotatable bonds is 7. The molecule has 0 unspecified atom stereocenters. The van der Waals surface area contributed by atoms with Crippen molar-refractivity contribution < 1.29 is 19.1 Å². The SMILES string of the molecule is CC(=O)c1ccc(SCC(=O)NC(C)(C)C(C)(C)CO)c(F)c1. The Morgan fingerprint density at radius 3 is 2.35 bits per heavy atom. The van der Waals surface area contributed by atoms with Gasteiger partial charge in [-0.3, -0.25) is 9.59 Å². The zero-order valence-electron chi connectivity index (χ0n) is 14.2. The Morgan fingerprint density at radius 1 is 1.26 bits per heavy atom. The summed E-state index contributed by atoms with van der Waals surface area (Å²) in [5.74, 6) is -0.894. The monoisotopic (exact) mass is 341 g/mol. The van der Waals surface area contributed by atoms with Crippen molar-refractivity contribution >= 4 is 23.5 Å². The molecule has 0 heterocycles. The van der Waals surface area contributed by atoms with E-state index in [0.29, 0.717) is 10.5 Å². The van der Waals surface area contributed by atoms with Crippen LogP contribution in [0.15, 0.2) is 23.1 Å². The summed E-state index contributed by atoms with van der Waals surface area (Å²) >= 11 is 1.07. The molecule has 1 amide bonds. The molecule has 0 fully saturated rings. The minimum absolute atomic E-state index is 0.0568. The molecule has 23 heavy (non-hydrogen) atoms. The zero-order chi connectivity index (χ0) is 17.8. The molecule has 0 spiro atoms. The highest BCUT2D eigenvalue weighted by Crippen LogP contribution is 2.30. The summed E-state index contributed by atoms with van der Waals surface area (Å²) in [5.41, 5.74) is -0.778. The van der Waals surface area contributed by atoms with E-state index in [1.807, 2.05) is 27.7 Å². The van der Waals surface area contributed by atoms with Gasteiger partial charge in [-0.1, -0.05) is 19.9 Å². The molecule has 0 aliphatic carbocycles. The number of halogens is 1. The van der Waals surface area contributed by atoms with Crippen LogP contribution in [-0.2, 0) is 4.79 Å². The highest BCUT2D eigenvalue weighted by molar-refractivity contribution is 8.00. The molecular formula is C17H24FNO3S. The summed E-state index contributed by atoms with van der Waals surface area (Å²) in [6.45, 7) is 8.72. The van der Waals surface area contributed by atoms with Crippen LogP contribution in [0.4, 0.5) is 4.39 Å². The second-order valence-electron chi connectivity index (χ2n) is 6.71.